The summed E-state index contributed by atoms with van der Waals surface area (Å²) in [6, 6.07) is 14.9. The van der Waals surface area contributed by atoms with Crippen molar-refractivity contribution < 1.29 is 19.0 Å². The predicted octanol–water partition coefficient (Wildman–Crippen LogP) is 3.00. The topological polar surface area (TPSA) is 86.6 Å². The molecule has 8 heteroatoms. The number of imidazole rings is 1. The Balaban J connectivity index is 1.25. The molecule has 2 N–H and O–H groups in total. The Morgan fingerprint density at radius 1 is 1.14 bits per heavy atom. The second kappa shape index (κ2) is 7.48. The first-order valence-electron chi connectivity index (χ1n) is 9.42. The molecule has 3 heterocycles. The van der Waals surface area contributed by atoms with Crippen molar-refractivity contribution in [3.63, 3.8) is 0 Å². The molecule has 2 aromatic carbocycles. The van der Waals surface area contributed by atoms with Crippen molar-refractivity contribution in [2.24, 2.45) is 0 Å². The lowest BCUT2D eigenvalue weighted by atomic mass is 10.1. The Labute approximate surface area is 167 Å². The van der Waals surface area contributed by atoms with Crippen LogP contribution in [0.2, 0.25) is 0 Å². The van der Waals surface area contributed by atoms with E-state index in [1.807, 2.05) is 54.7 Å². The maximum Gasteiger partial charge on any atom is 0.319 e. The summed E-state index contributed by atoms with van der Waals surface area (Å²) in [5.41, 5.74) is 2.74. The van der Waals surface area contributed by atoms with Gasteiger partial charge in [-0.3, -0.25) is 0 Å². The van der Waals surface area contributed by atoms with Crippen LogP contribution in [-0.4, -0.2) is 35.0 Å². The second-order valence-corrected chi connectivity index (χ2v) is 6.87. The van der Waals surface area contributed by atoms with E-state index in [1.165, 1.54) is 0 Å². The Morgan fingerprint density at radius 2 is 2.00 bits per heavy atom. The number of carbonyl (C=O) groups is 1. The number of hydrogen-bond donors (Lipinski definition) is 2. The van der Waals surface area contributed by atoms with E-state index in [0.717, 1.165) is 34.3 Å². The van der Waals surface area contributed by atoms with Crippen LogP contribution < -0.4 is 20.1 Å². The third-order valence-corrected chi connectivity index (χ3v) is 4.96. The van der Waals surface area contributed by atoms with Crippen LogP contribution in [0.15, 0.2) is 54.7 Å². The summed E-state index contributed by atoms with van der Waals surface area (Å²) in [6.45, 7) is 1.65. The van der Waals surface area contributed by atoms with Crippen LogP contribution >= 0.6 is 0 Å². The van der Waals surface area contributed by atoms with Crippen molar-refractivity contribution in [2.75, 3.05) is 18.7 Å². The molecular weight excluding hydrogens is 372 g/mol. The van der Waals surface area contributed by atoms with Crippen molar-refractivity contribution in [1.29, 1.82) is 0 Å². The van der Waals surface area contributed by atoms with Gasteiger partial charge in [-0.05, 0) is 30.3 Å². The highest BCUT2D eigenvalue weighted by molar-refractivity contribution is 5.89. The van der Waals surface area contributed by atoms with E-state index < -0.39 is 0 Å². The monoisotopic (exact) mass is 392 g/mol. The van der Waals surface area contributed by atoms with Crippen molar-refractivity contribution in [3.05, 3.63) is 60.6 Å². The number of amides is 2. The van der Waals surface area contributed by atoms with Gasteiger partial charge in [-0.1, -0.05) is 18.2 Å². The summed E-state index contributed by atoms with van der Waals surface area (Å²) in [7, 11) is 0. The Morgan fingerprint density at radius 3 is 2.90 bits per heavy atom. The zero-order valence-corrected chi connectivity index (χ0v) is 15.6. The molecule has 2 aliphatic heterocycles. The van der Waals surface area contributed by atoms with E-state index >= 15 is 0 Å². The molecule has 0 saturated carbocycles. The largest absolute Gasteiger partial charge is 0.454 e. The summed E-state index contributed by atoms with van der Waals surface area (Å²) >= 11 is 0. The van der Waals surface area contributed by atoms with Crippen LogP contribution in [0.3, 0.4) is 0 Å². The third kappa shape index (κ3) is 3.62. The Kier molecular flexibility index (Phi) is 4.53. The summed E-state index contributed by atoms with van der Waals surface area (Å²) in [5, 5.41) is 5.68. The highest BCUT2D eigenvalue weighted by Crippen LogP contribution is 2.36. The fraction of sp³-hybridized carbons (Fsp3) is 0.238. The number of hydrogen-bond acceptors (Lipinski definition) is 5. The van der Waals surface area contributed by atoms with Crippen LogP contribution in [0.4, 0.5) is 10.5 Å². The number of para-hydroxylation sites is 1. The Hall–Kier alpha value is -3.52. The zero-order chi connectivity index (χ0) is 19.6. The molecule has 8 nitrogen and oxygen atoms in total. The lowest BCUT2D eigenvalue weighted by Gasteiger charge is -2.26. The summed E-state index contributed by atoms with van der Waals surface area (Å²) in [6.07, 6.45) is 1.69. The highest BCUT2D eigenvalue weighted by atomic mass is 16.7. The number of benzene rings is 2. The number of ether oxygens (including phenoxy) is 3. The molecule has 0 unspecified atom stereocenters. The van der Waals surface area contributed by atoms with Gasteiger partial charge in [0.15, 0.2) is 11.5 Å². The van der Waals surface area contributed by atoms with Gasteiger partial charge >= 0.3 is 6.03 Å². The maximum atomic E-state index is 12.1. The molecule has 0 saturated heterocycles. The number of nitrogens with zero attached hydrogens (tertiary/aromatic N) is 2. The average molecular weight is 392 g/mol. The minimum Gasteiger partial charge on any atom is -0.454 e. The summed E-state index contributed by atoms with van der Waals surface area (Å²) in [4.78, 5) is 16.6. The molecule has 0 bridgehead atoms. The van der Waals surface area contributed by atoms with Gasteiger partial charge in [-0.2, -0.15) is 0 Å². The molecule has 0 aliphatic carbocycles. The van der Waals surface area contributed by atoms with Gasteiger partial charge < -0.3 is 29.4 Å². The lowest BCUT2D eigenvalue weighted by Crippen LogP contribution is -2.40. The normalized spacial score (nSPS) is 16.9. The number of urea groups is 1. The smallest absolute Gasteiger partial charge is 0.319 e. The molecule has 1 aromatic heterocycles. The first kappa shape index (κ1) is 17.6. The zero-order valence-electron chi connectivity index (χ0n) is 15.6. The number of aromatic nitrogens is 2. The number of carbonyl (C=O) groups excluding carboxylic acids is 1. The van der Waals surface area contributed by atoms with Gasteiger partial charge in [0.25, 0.3) is 0 Å². The van der Waals surface area contributed by atoms with Crippen LogP contribution in [-0.2, 0) is 17.9 Å². The average Bonchev–Trinajstić information content (AvgIpc) is 3.39. The van der Waals surface area contributed by atoms with Gasteiger partial charge in [0, 0.05) is 17.8 Å². The maximum absolute atomic E-state index is 12.1. The van der Waals surface area contributed by atoms with E-state index in [0.29, 0.717) is 19.7 Å². The van der Waals surface area contributed by atoms with Crippen molar-refractivity contribution in [2.45, 2.75) is 19.3 Å². The summed E-state index contributed by atoms with van der Waals surface area (Å²) < 4.78 is 18.9. The third-order valence-electron chi connectivity index (χ3n) is 4.96. The number of nitrogens with one attached hydrogen (secondary N) is 2. The molecular formula is C21H20N4O4. The van der Waals surface area contributed by atoms with Gasteiger partial charge in [-0.15, -0.1) is 0 Å². The summed E-state index contributed by atoms with van der Waals surface area (Å²) in [5.74, 6) is 2.35. The molecule has 148 valence electrons. The molecule has 0 radical (unpaired) electrons. The number of rotatable bonds is 4. The fourth-order valence-electron chi connectivity index (χ4n) is 3.49. The molecule has 29 heavy (non-hydrogen) atoms. The van der Waals surface area contributed by atoms with E-state index in [1.54, 1.807) is 0 Å². The van der Waals surface area contributed by atoms with Crippen LogP contribution in [0.1, 0.15) is 5.82 Å². The van der Waals surface area contributed by atoms with Crippen molar-refractivity contribution >= 4 is 11.7 Å². The van der Waals surface area contributed by atoms with Crippen LogP contribution in [0, 0.1) is 0 Å². The molecule has 0 fully saturated rings. The molecule has 3 aromatic rings. The highest BCUT2D eigenvalue weighted by Gasteiger charge is 2.24. The predicted molar refractivity (Wildman–Crippen MR) is 106 cm³/mol. The van der Waals surface area contributed by atoms with Crippen LogP contribution in [0.25, 0.3) is 11.3 Å². The standard InChI is InChI=1S/C21H20N4O4/c26-21(24-15-4-2-1-3-5-15)23-9-16-11-25-17(10-22-20(25)12-27-16)14-6-7-18-19(8-14)29-13-28-18/h1-8,10,16H,9,11-13H2,(H2,23,24,26)/t16-/m0/s1. The Bertz CT molecular complexity index is 1030. The van der Waals surface area contributed by atoms with Crippen molar-refractivity contribution in [3.8, 4) is 22.8 Å². The van der Waals surface area contributed by atoms with Crippen LogP contribution in [0.5, 0.6) is 11.5 Å². The lowest BCUT2D eigenvalue weighted by molar-refractivity contribution is 0.00515. The first-order valence-corrected chi connectivity index (χ1v) is 9.42. The molecule has 5 rings (SSSR count). The molecule has 2 aliphatic rings. The minimum atomic E-state index is -0.257. The van der Waals surface area contributed by atoms with Crippen molar-refractivity contribution in [1.82, 2.24) is 14.9 Å². The fourth-order valence-corrected chi connectivity index (χ4v) is 3.49. The van der Waals surface area contributed by atoms with E-state index in [-0.39, 0.29) is 18.9 Å². The van der Waals surface area contributed by atoms with Gasteiger partial charge in [0.05, 0.1) is 24.5 Å². The molecule has 0 spiro atoms. The minimum absolute atomic E-state index is 0.147. The van der Waals surface area contributed by atoms with E-state index in [4.69, 9.17) is 14.2 Å². The molecule has 1 atom stereocenters. The van der Waals surface area contributed by atoms with Gasteiger partial charge in [0.2, 0.25) is 6.79 Å². The van der Waals surface area contributed by atoms with E-state index in [2.05, 4.69) is 20.2 Å². The second-order valence-electron chi connectivity index (χ2n) is 6.87. The first-order chi connectivity index (χ1) is 14.3. The molecule has 2 amide bonds. The van der Waals surface area contributed by atoms with Gasteiger partial charge in [0.1, 0.15) is 12.4 Å². The number of anilines is 1. The number of fused-ring (bicyclic) bond motifs is 2. The quantitative estimate of drug-likeness (QED) is 0.713. The van der Waals surface area contributed by atoms with E-state index in [9.17, 15) is 4.79 Å². The SMILES string of the molecule is O=C(NC[C@H]1Cn2c(-c3ccc4c(c3)OCO4)cnc2CO1)Nc1ccccc1. The van der Waals surface area contributed by atoms with Gasteiger partial charge in [-0.25, -0.2) is 9.78 Å².